The Bertz CT molecular complexity index is 978. The lowest BCUT2D eigenvalue weighted by Crippen LogP contribution is -2.22. The molecule has 0 radical (unpaired) electrons. The molecular weight excluding hydrogens is 362 g/mol. The molecule has 0 atom stereocenters. The van der Waals surface area contributed by atoms with Crippen LogP contribution in [0.25, 0.3) is 0 Å². The monoisotopic (exact) mass is 377 g/mol. The van der Waals surface area contributed by atoms with Crippen LogP contribution in [-0.2, 0) is 16.6 Å². The van der Waals surface area contributed by atoms with Gasteiger partial charge < -0.3 is 9.73 Å². The minimum absolute atomic E-state index is 0.111. The van der Waals surface area contributed by atoms with E-state index in [0.29, 0.717) is 5.82 Å². The van der Waals surface area contributed by atoms with Crippen LogP contribution in [0.3, 0.4) is 0 Å². The van der Waals surface area contributed by atoms with E-state index in [1.807, 2.05) is 17.5 Å². The molecule has 0 spiro atoms. The zero-order valence-electron chi connectivity index (χ0n) is 13.2. The van der Waals surface area contributed by atoms with Crippen LogP contribution < -0.4 is 10.0 Å². The van der Waals surface area contributed by atoms with Crippen LogP contribution in [0.5, 0.6) is 0 Å². The van der Waals surface area contributed by atoms with Crippen molar-refractivity contribution in [2.24, 2.45) is 0 Å². The van der Waals surface area contributed by atoms with Crippen LogP contribution in [0.15, 0.2) is 57.4 Å². The quantitative estimate of drug-likeness (QED) is 0.688. The number of carbonyl (C=O) groups is 1. The van der Waals surface area contributed by atoms with Crippen LogP contribution >= 0.6 is 11.3 Å². The molecule has 0 aliphatic carbocycles. The number of carbonyl (C=O) groups excluding carboxylic acids is 1. The highest BCUT2D eigenvalue weighted by Crippen LogP contribution is 2.16. The highest BCUT2D eigenvalue weighted by Gasteiger charge is 2.21. The fourth-order valence-corrected chi connectivity index (χ4v) is 3.70. The summed E-state index contributed by atoms with van der Waals surface area (Å²) in [7, 11) is -3.83. The number of pyridine rings is 1. The summed E-state index contributed by atoms with van der Waals surface area (Å²) < 4.78 is 32.1. The zero-order valence-corrected chi connectivity index (χ0v) is 14.9. The Hall–Kier alpha value is -2.49. The predicted molar refractivity (Wildman–Crippen MR) is 94.0 cm³/mol. The number of aromatic nitrogens is 1. The molecule has 9 heteroatoms. The van der Waals surface area contributed by atoms with Crippen molar-refractivity contribution in [3.63, 3.8) is 0 Å². The summed E-state index contributed by atoms with van der Waals surface area (Å²) in [6.07, 6.45) is 0. The van der Waals surface area contributed by atoms with Crippen molar-refractivity contribution in [2.45, 2.75) is 18.6 Å². The van der Waals surface area contributed by atoms with Crippen LogP contribution in [0.1, 0.15) is 21.1 Å². The second-order valence-electron chi connectivity index (χ2n) is 5.14. The van der Waals surface area contributed by atoms with E-state index < -0.39 is 15.9 Å². The molecule has 0 fully saturated rings. The van der Waals surface area contributed by atoms with Gasteiger partial charge in [0.05, 0.1) is 0 Å². The van der Waals surface area contributed by atoms with Gasteiger partial charge in [-0.25, -0.2) is 18.1 Å². The van der Waals surface area contributed by atoms with Gasteiger partial charge in [0.1, 0.15) is 5.82 Å². The third-order valence-corrected chi connectivity index (χ3v) is 5.37. The zero-order chi connectivity index (χ0) is 17.9. The van der Waals surface area contributed by atoms with E-state index in [1.165, 1.54) is 23.5 Å². The van der Waals surface area contributed by atoms with Crippen molar-refractivity contribution in [1.82, 2.24) is 9.71 Å². The molecule has 3 rings (SSSR count). The van der Waals surface area contributed by atoms with Gasteiger partial charge in [-0.1, -0.05) is 12.1 Å². The number of thiophene rings is 1. The van der Waals surface area contributed by atoms with Crippen LogP contribution in [-0.4, -0.2) is 19.3 Å². The Labute approximate surface area is 148 Å². The molecule has 0 unspecified atom stereocenters. The average molecular weight is 377 g/mol. The second-order valence-corrected chi connectivity index (χ2v) is 7.87. The van der Waals surface area contributed by atoms with E-state index in [9.17, 15) is 13.2 Å². The molecule has 3 aromatic rings. The highest BCUT2D eigenvalue weighted by atomic mass is 32.2. The maximum atomic E-state index is 12.2. The number of furan rings is 1. The summed E-state index contributed by atoms with van der Waals surface area (Å²) in [5, 5.41) is 4.11. The molecule has 7 nitrogen and oxygen atoms in total. The summed E-state index contributed by atoms with van der Waals surface area (Å²) in [4.78, 5) is 17.2. The van der Waals surface area contributed by atoms with Gasteiger partial charge in [-0.05, 0) is 42.6 Å². The van der Waals surface area contributed by atoms with Crippen molar-refractivity contribution in [2.75, 3.05) is 5.32 Å². The Kier molecular flexibility index (Phi) is 4.98. The van der Waals surface area contributed by atoms with Crippen LogP contribution in [0, 0.1) is 6.92 Å². The number of sulfonamides is 1. The molecule has 0 aliphatic rings. The smallest absolute Gasteiger partial charge is 0.292 e. The first-order valence-corrected chi connectivity index (χ1v) is 9.67. The maximum Gasteiger partial charge on any atom is 0.292 e. The van der Waals surface area contributed by atoms with E-state index in [0.717, 1.165) is 10.6 Å². The maximum absolute atomic E-state index is 12.2. The Morgan fingerprint density at radius 3 is 2.76 bits per heavy atom. The molecule has 3 heterocycles. The summed E-state index contributed by atoms with van der Waals surface area (Å²) in [6, 6.07) is 11.4. The fraction of sp³-hybridized carbons (Fsp3) is 0.125. The second kappa shape index (κ2) is 7.18. The first kappa shape index (κ1) is 17.3. The number of amides is 1. The minimum atomic E-state index is -3.83. The van der Waals surface area contributed by atoms with E-state index in [4.69, 9.17) is 4.42 Å². The summed E-state index contributed by atoms with van der Waals surface area (Å²) in [5.74, 6) is -0.320. The first-order chi connectivity index (χ1) is 11.9. The molecule has 0 saturated carbocycles. The van der Waals surface area contributed by atoms with E-state index >= 15 is 0 Å². The Balaban J connectivity index is 1.69. The van der Waals surface area contributed by atoms with Gasteiger partial charge in [-0.2, -0.15) is 0 Å². The third kappa shape index (κ3) is 4.32. The molecule has 0 bridgehead atoms. The molecule has 1 amide bonds. The minimum Gasteiger partial charge on any atom is -0.438 e. The Morgan fingerprint density at radius 1 is 1.20 bits per heavy atom. The van der Waals surface area contributed by atoms with Gasteiger partial charge in [0.25, 0.3) is 15.9 Å². The molecule has 0 saturated heterocycles. The summed E-state index contributed by atoms with van der Waals surface area (Å²) in [6.45, 7) is 1.96. The average Bonchev–Trinajstić information content (AvgIpc) is 3.25. The van der Waals surface area contributed by atoms with E-state index in [1.54, 1.807) is 25.1 Å². The van der Waals surface area contributed by atoms with Crippen molar-refractivity contribution < 1.29 is 17.6 Å². The lowest BCUT2D eigenvalue weighted by Gasteiger charge is -2.04. The van der Waals surface area contributed by atoms with E-state index in [-0.39, 0.29) is 17.4 Å². The first-order valence-electron chi connectivity index (χ1n) is 7.31. The summed E-state index contributed by atoms with van der Waals surface area (Å²) in [5.41, 5.74) is 0.748. The molecular formula is C16H15N3O4S2. The molecule has 130 valence electrons. The number of rotatable bonds is 6. The lowest BCUT2D eigenvalue weighted by atomic mass is 10.3. The van der Waals surface area contributed by atoms with Gasteiger partial charge in [0.2, 0.25) is 5.09 Å². The number of hydrogen-bond donors (Lipinski definition) is 2. The van der Waals surface area contributed by atoms with Gasteiger partial charge in [-0.15, -0.1) is 11.3 Å². The molecule has 25 heavy (non-hydrogen) atoms. The lowest BCUT2D eigenvalue weighted by molar-refractivity contribution is 0.0991. The number of anilines is 1. The van der Waals surface area contributed by atoms with Crippen LogP contribution in [0.2, 0.25) is 0 Å². The molecule has 3 aromatic heterocycles. The topological polar surface area (TPSA) is 101 Å². The predicted octanol–water partition coefficient (Wildman–Crippen LogP) is 2.78. The third-order valence-electron chi connectivity index (χ3n) is 3.22. The van der Waals surface area contributed by atoms with Crippen molar-refractivity contribution in [1.29, 1.82) is 0 Å². The Morgan fingerprint density at radius 2 is 2.04 bits per heavy atom. The number of hydrogen-bond acceptors (Lipinski definition) is 6. The largest absolute Gasteiger partial charge is 0.438 e. The standard InChI is InChI=1S/C16H15N3O4S2/c1-11-4-2-6-14(18-11)19-16(20)13-7-8-15(23-13)25(21,22)17-10-12-5-3-9-24-12/h2-9,17H,10H2,1H3,(H,18,19,20). The number of aryl methyl sites for hydroxylation is 1. The van der Waals surface area contributed by atoms with Gasteiger partial charge >= 0.3 is 0 Å². The number of nitrogens with one attached hydrogen (secondary N) is 2. The van der Waals surface area contributed by atoms with E-state index in [2.05, 4.69) is 15.0 Å². The molecule has 0 aromatic carbocycles. The van der Waals surface area contributed by atoms with Crippen LogP contribution in [0.4, 0.5) is 5.82 Å². The SMILES string of the molecule is Cc1cccc(NC(=O)c2ccc(S(=O)(=O)NCc3cccs3)o2)n1. The van der Waals surface area contributed by atoms with Crippen molar-refractivity contribution >= 4 is 33.1 Å². The highest BCUT2D eigenvalue weighted by molar-refractivity contribution is 7.89. The van der Waals surface area contributed by atoms with Gasteiger partial charge in [0, 0.05) is 17.1 Å². The fourth-order valence-electron chi connectivity index (χ4n) is 2.03. The summed E-state index contributed by atoms with van der Waals surface area (Å²) >= 11 is 1.44. The number of nitrogens with zero attached hydrogens (tertiary/aromatic N) is 1. The van der Waals surface area contributed by atoms with Gasteiger partial charge in [-0.3, -0.25) is 4.79 Å². The van der Waals surface area contributed by atoms with Crippen molar-refractivity contribution in [3.05, 3.63) is 64.2 Å². The van der Waals surface area contributed by atoms with Crippen molar-refractivity contribution in [3.8, 4) is 0 Å². The normalized spacial score (nSPS) is 11.4. The van der Waals surface area contributed by atoms with Gasteiger partial charge in [0.15, 0.2) is 5.76 Å². The molecule has 2 N–H and O–H groups in total. The molecule has 0 aliphatic heterocycles.